The second-order valence-electron chi connectivity index (χ2n) is 6.39. The van der Waals surface area contributed by atoms with Gasteiger partial charge in [0.15, 0.2) is 11.5 Å². The first-order chi connectivity index (χ1) is 14.5. The molecule has 2 aromatic carbocycles. The molecular weight excluding hydrogens is 402 g/mol. The van der Waals surface area contributed by atoms with Crippen molar-refractivity contribution in [1.29, 1.82) is 5.26 Å². The lowest BCUT2D eigenvalue weighted by molar-refractivity contribution is -0.112. The van der Waals surface area contributed by atoms with Crippen LogP contribution < -0.4 is 20.1 Å². The van der Waals surface area contributed by atoms with Crippen molar-refractivity contribution in [2.45, 2.75) is 27.2 Å². The van der Waals surface area contributed by atoms with Gasteiger partial charge in [-0.2, -0.15) is 5.26 Å². The zero-order valence-electron chi connectivity index (χ0n) is 17.4. The van der Waals surface area contributed by atoms with Crippen LogP contribution in [0.2, 0.25) is 5.02 Å². The Labute approximate surface area is 182 Å². The molecular formula is C23H26ClN3O3. The minimum Gasteiger partial charge on any atom is -0.490 e. The number of nitriles is 1. The van der Waals surface area contributed by atoms with E-state index >= 15 is 0 Å². The number of benzene rings is 2. The van der Waals surface area contributed by atoms with Crippen LogP contribution in [-0.2, 0) is 11.2 Å². The summed E-state index contributed by atoms with van der Waals surface area (Å²) < 4.78 is 11.2. The molecule has 0 aliphatic rings. The molecule has 0 saturated carbocycles. The highest BCUT2D eigenvalue weighted by Crippen LogP contribution is 2.28. The molecule has 30 heavy (non-hydrogen) atoms. The maximum Gasteiger partial charge on any atom is 0.267 e. The number of carbonyl (C=O) groups excluding carboxylic acids is 1. The first-order valence-electron chi connectivity index (χ1n) is 9.78. The van der Waals surface area contributed by atoms with Crippen LogP contribution in [-0.4, -0.2) is 25.7 Å². The number of carbonyl (C=O) groups is 1. The number of anilines is 1. The molecule has 0 aliphatic heterocycles. The number of rotatable bonds is 10. The van der Waals surface area contributed by atoms with E-state index in [1.54, 1.807) is 25.1 Å². The third-order valence-electron chi connectivity index (χ3n) is 4.29. The minimum absolute atomic E-state index is 0.0175. The number of nitrogens with one attached hydrogen (secondary N) is 2. The summed E-state index contributed by atoms with van der Waals surface area (Å²) in [6, 6.07) is 12.9. The highest BCUT2D eigenvalue weighted by atomic mass is 35.5. The summed E-state index contributed by atoms with van der Waals surface area (Å²) in [6.45, 7) is 7.33. The van der Waals surface area contributed by atoms with Crippen LogP contribution in [0.3, 0.4) is 0 Å². The Morgan fingerprint density at radius 2 is 1.90 bits per heavy atom. The molecule has 0 spiro atoms. The number of nitrogens with zero attached hydrogens (tertiary/aromatic N) is 1. The van der Waals surface area contributed by atoms with E-state index in [1.165, 1.54) is 6.20 Å². The standard InChI is InChI=1S/C23H26ClN3O3/c1-4-29-21-10-9-17(13-22(21)30-5-2)11-12-26-15-18(14-25)23(28)27-20-8-6-7-19(24)16(20)3/h6-10,13,15,26H,4-5,11-12H2,1-3H3,(H,27,28)/b18-15-. The number of ether oxygens (including phenoxy) is 2. The summed E-state index contributed by atoms with van der Waals surface area (Å²) in [7, 11) is 0. The van der Waals surface area contributed by atoms with Gasteiger partial charge in [-0.3, -0.25) is 4.79 Å². The maximum atomic E-state index is 12.4. The molecule has 0 heterocycles. The van der Waals surface area contributed by atoms with Gasteiger partial charge in [0.1, 0.15) is 11.6 Å². The van der Waals surface area contributed by atoms with Crippen molar-refractivity contribution < 1.29 is 14.3 Å². The van der Waals surface area contributed by atoms with Gasteiger partial charge in [-0.05, 0) is 62.6 Å². The summed E-state index contributed by atoms with van der Waals surface area (Å²) >= 11 is 6.07. The topological polar surface area (TPSA) is 83.4 Å². The average molecular weight is 428 g/mol. The second kappa shape index (κ2) is 11.7. The first kappa shape index (κ1) is 23.1. The molecule has 2 aromatic rings. The van der Waals surface area contributed by atoms with Gasteiger partial charge in [0.25, 0.3) is 5.91 Å². The third kappa shape index (κ3) is 6.43. The zero-order valence-corrected chi connectivity index (χ0v) is 18.2. The molecule has 7 heteroatoms. The predicted molar refractivity (Wildman–Crippen MR) is 119 cm³/mol. The van der Waals surface area contributed by atoms with Crippen LogP contribution in [0.25, 0.3) is 0 Å². The van der Waals surface area contributed by atoms with Gasteiger partial charge in [0, 0.05) is 23.5 Å². The molecule has 0 fully saturated rings. The summed E-state index contributed by atoms with van der Waals surface area (Å²) in [5, 5.41) is 15.6. The van der Waals surface area contributed by atoms with Crippen LogP contribution in [0.1, 0.15) is 25.0 Å². The van der Waals surface area contributed by atoms with Crippen molar-refractivity contribution >= 4 is 23.2 Å². The summed E-state index contributed by atoms with van der Waals surface area (Å²) in [5.74, 6) is 0.937. The van der Waals surface area contributed by atoms with E-state index in [0.717, 1.165) is 16.9 Å². The monoisotopic (exact) mass is 427 g/mol. The van der Waals surface area contributed by atoms with E-state index < -0.39 is 5.91 Å². The fourth-order valence-electron chi connectivity index (χ4n) is 2.72. The van der Waals surface area contributed by atoms with E-state index in [-0.39, 0.29) is 5.57 Å². The van der Waals surface area contributed by atoms with E-state index in [2.05, 4.69) is 10.6 Å². The lowest BCUT2D eigenvalue weighted by Crippen LogP contribution is -2.18. The van der Waals surface area contributed by atoms with Gasteiger partial charge in [-0.1, -0.05) is 23.7 Å². The SMILES string of the molecule is CCOc1ccc(CCN/C=C(/C#N)C(=O)Nc2cccc(Cl)c2C)cc1OCC. The summed E-state index contributed by atoms with van der Waals surface area (Å²) in [5.41, 5.74) is 2.36. The molecule has 1 amide bonds. The molecule has 0 bridgehead atoms. The van der Waals surface area contributed by atoms with Gasteiger partial charge in [0.2, 0.25) is 0 Å². The van der Waals surface area contributed by atoms with Gasteiger partial charge in [-0.25, -0.2) is 0 Å². The van der Waals surface area contributed by atoms with Gasteiger partial charge >= 0.3 is 0 Å². The van der Waals surface area contributed by atoms with E-state index in [1.807, 2.05) is 38.1 Å². The molecule has 6 nitrogen and oxygen atoms in total. The molecule has 0 radical (unpaired) electrons. The zero-order chi connectivity index (χ0) is 21.9. The second-order valence-corrected chi connectivity index (χ2v) is 6.79. The minimum atomic E-state index is -0.491. The summed E-state index contributed by atoms with van der Waals surface area (Å²) in [4.78, 5) is 12.4. The van der Waals surface area contributed by atoms with Crippen molar-refractivity contribution in [3.05, 3.63) is 64.3 Å². The van der Waals surface area contributed by atoms with Gasteiger partial charge in [-0.15, -0.1) is 0 Å². The Morgan fingerprint density at radius 1 is 1.17 bits per heavy atom. The van der Waals surface area contributed by atoms with Crippen LogP contribution >= 0.6 is 11.6 Å². The number of amides is 1. The highest BCUT2D eigenvalue weighted by Gasteiger charge is 2.11. The van der Waals surface area contributed by atoms with Crippen molar-refractivity contribution in [3.63, 3.8) is 0 Å². The van der Waals surface area contributed by atoms with E-state index in [0.29, 0.717) is 42.6 Å². The largest absolute Gasteiger partial charge is 0.490 e. The van der Waals surface area contributed by atoms with Crippen LogP contribution in [0.4, 0.5) is 5.69 Å². The molecule has 0 saturated heterocycles. The molecule has 2 N–H and O–H groups in total. The third-order valence-corrected chi connectivity index (χ3v) is 4.70. The van der Waals surface area contributed by atoms with Crippen molar-refractivity contribution in [1.82, 2.24) is 5.32 Å². The lowest BCUT2D eigenvalue weighted by atomic mass is 10.1. The Morgan fingerprint density at radius 3 is 2.60 bits per heavy atom. The van der Waals surface area contributed by atoms with E-state index in [4.69, 9.17) is 21.1 Å². The Bertz CT molecular complexity index is 951. The van der Waals surface area contributed by atoms with Crippen molar-refractivity contribution in [2.24, 2.45) is 0 Å². The van der Waals surface area contributed by atoms with Crippen molar-refractivity contribution in [2.75, 3.05) is 25.1 Å². The number of hydrogen-bond donors (Lipinski definition) is 2. The first-order valence-corrected chi connectivity index (χ1v) is 10.2. The molecule has 0 unspecified atom stereocenters. The molecule has 2 rings (SSSR count). The van der Waals surface area contributed by atoms with Crippen LogP contribution in [0, 0.1) is 18.3 Å². The van der Waals surface area contributed by atoms with Gasteiger partial charge < -0.3 is 20.1 Å². The van der Waals surface area contributed by atoms with Crippen LogP contribution in [0.15, 0.2) is 48.2 Å². The molecule has 0 atom stereocenters. The van der Waals surface area contributed by atoms with Crippen LogP contribution in [0.5, 0.6) is 11.5 Å². The lowest BCUT2D eigenvalue weighted by Gasteiger charge is -2.12. The average Bonchev–Trinajstić information content (AvgIpc) is 2.73. The number of halogens is 1. The Hall–Kier alpha value is -3.17. The van der Waals surface area contributed by atoms with E-state index in [9.17, 15) is 10.1 Å². The fourth-order valence-corrected chi connectivity index (χ4v) is 2.90. The Balaban J connectivity index is 1.96. The summed E-state index contributed by atoms with van der Waals surface area (Å²) in [6.07, 6.45) is 2.12. The fraction of sp³-hybridized carbons (Fsp3) is 0.304. The van der Waals surface area contributed by atoms with Gasteiger partial charge in [0.05, 0.1) is 13.2 Å². The number of hydrogen-bond acceptors (Lipinski definition) is 5. The van der Waals surface area contributed by atoms with Crippen molar-refractivity contribution in [3.8, 4) is 17.6 Å². The maximum absolute atomic E-state index is 12.4. The Kier molecular flexibility index (Phi) is 9.04. The molecule has 0 aliphatic carbocycles. The smallest absolute Gasteiger partial charge is 0.267 e. The normalized spacial score (nSPS) is 10.8. The highest BCUT2D eigenvalue weighted by molar-refractivity contribution is 6.31. The molecule has 158 valence electrons. The quantitative estimate of drug-likeness (QED) is 0.328. The molecule has 0 aromatic heterocycles. The predicted octanol–water partition coefficient (Wildman–Crippen LogP) is 4.62.